The van der Waals surface area contributed by atoms with Crippen LogP contribution in [0.25, 0.3) is 88.0 Å². The van der Waals surface area contributed by atoms with E-state index in [1.165, 1.54) is 33.2 Å². The number of benzene rings is 12. The molecule has 0 N–H and O–H groups in total. The molecule has 0 saturated heterocycles. The molecule has 0 radical (unpaired) electrons. The van der Waals surface area contributed by atoms with Crippen LogP contribution in [0.3, 0.4) is 0 Å². The molecule has 356 valence electrons. The molecule has 75 heavy (non-hydrogen) atoms. The van der Waals surface area contributed by atoms with Gasteiger partial charge in [-0.1, -0.05) is 202 Å². The van der Waals surface area contributed by atoms with Crippen molar-refractivity contribution in [3.8, 4) is 44.5 Å². The minimum atomic E-state index is -0.421. The number of hydrogen-bond donors (Lipinski definition) is 0. The van der Waals surface area contributed by atoms with Crippen molar-refractivity contribution in [3.05, 3.63) is 278 Å². The monoisotopic (exact) mass is 964 g/mol. The molecular weight excluding hydrogens is 916 g/mol. The number of furan rings is 1. The number of nitrogens with zero attached hydrogens (tertiary/aromatic N) is 2. The van der Waals surface area contributed by atoms with Gasteiger partial charge < -0.3 is 14.2 Å². The fourth-order valence-corrected chi connectivity index (χ4v) is 12.0. The summed E-state index contributed by atoms with van der Waals surface area (Å²) in [5, 5.41) is 6.79. The lowest BCUT2D eigenvalue weighted by Gasteiger charge is -2.38. The summed E-state index contributed by atoms with van der Waals surface area (Å²) in [5.74, 6) is -0.287. The Morgan fingerprint density at radius 1 is 0.347 bits per heavy atom. The molecule has 1 aromatic heterocycles. The summed E-state index contributed by atoms with van der Waals surface area (Å²) in [5.41, 5.74) is 17.1. The molecule has 0 aliphatic heterocycles. The lowest BCUT2D eigenvalue weighted by Crippen LogP contribution is -2.24. The van der Waals surface area contributed by atoms with Crippen LogP contribution in [-0.4, -0.2) is 0 Å². The Morgan fingerprint density at radius 3 is 1.61 bits per heavy atom. The largest absolute Gasteiger partial charge is 0.454 e. The second-order valence-electron chi connectivity index (χ2n) is 20.1. The molecule has 0 atom stereocenters. The van der Waals surface area contributed by atoms with E-state index in [1.807, 2.05) is 91.0 Å². The predicted molar refractivity (Wildman–Crippen MR) is 312 cm³/mol. The van der Waals surface area contributed by atoms with E-state index >= 15 is 4.39 Å². The van der Waals surface area contributed by atoms with Gasteiger partial charge in [0.15, 0.2) is 11.4 Å². The van der Waals surface area contributed by atoms with Gasteiger partial charge in [0.1, 0.15) is 5.58 Å². The first kappa shape index (κ1) is 44.2. The molecule has 13 aromatic rings. The van der Waals surface area contributed by atoms with Crippen molar-refractivity contribution < 1.29 is 8.81 Å². The fraction of sp³-hybridized carbons (Fsp3) is 0.0423. The first-order valence-corrected chi connectivity index (χ1v) is 25.7. The van der Waals surface area contributed by atoms with Crippen LogP contribution in [-0.2, 0) is 5.41 Å². The standard InChI is InChI=1S/C71H49FN2O/c1-71(2)61-35-20-33-55-60-44-52(74(51-30-16-7-17-31-51)64-43-49(46-22-8-3-9-23-46)42-59(69(64)72)47-24-10-4-11-25-47)38-40-56(60)66(48-26-12-5-13-27-48)68(67(55)61)58-41-39-53(45-62(58)71)73(50-28-14-6-15-29-50)63-36-21-34-57-54-32-18-19-37-65(54)75-70(57)63/h3-45H,1-2H3. The van der Waals surface area contributed by atoms with Crippen LogP contribution >= 0.6 is 0 Å². The van der Waals surface area contributed by atoms with Crippen LogP contribution in [0.15, 0.2) is 265 Å². The lowest BCUT2D eigenvalue weighted by molar-refractivity contribution is 0.632. The maximum Gasteiger partial charge on any atom is 0.159 e. The van der Waals surface area contributed by atoms with Gasteiger partial charge in [-0.2, -0.15) is 0 Å². The van der Waals surface area contributed by atoms with Gasteiger partial charge in [-0.05, 0) is 144 Å². The van der Waals surface area contributed by atoms with Crippen molar-refractivity contribution in [2.75, 3.05) is 9.80 Å². The van der Waals surface area contributed by atoms with E-state index in [4.69, 9.17) is 4.42 Å². The Bertz CT molecular complexity index is 4320. The van der Waals surface area contributed by atoms with Crippen molar-refractivity contribution in [1.82, 2.24) is 0 Å². The van der Waals surface area contributed by atoms with E-state index in [0.717, 1.165) is 88.8 Å². The molecule has 3 nitrogen and oxygen atoms in total. The zero-order chi connectivity index (χ0) is 50.2. The van der Waals surface area contributed by atoms with Gasteiger partial charge >= 0.3 is 0 Å². The summed E-state index contributed by atoms with van der Waals surface area (Å²) in [6, 6.07) is 91.1. The van der Waals surface area contributed by atoms with Crippen molar-refractivity contribution >= 4 is 77.6 Å². The van der Waals surface area contributed by atoms with Crippen molar-refractivity contribution in [2.45, 2.75) is 19.3 Å². The summed E-state index contributed by atoms with van der Waals surface area (Å²) in [7, 11) is 0. The topological polar surface area (TPSA) is 19.6 Å². The zero-order valence-corrected chi connectivity index (χ0v) is 41.5. The highest BCUT2D eigenvalue weighted by Crippen LogP contribution is 2.56. The Balaban J connectivity index is 1.01. The van der Waals surface area contributed by atoms with Crippen LogP contribution in [0.1, 0.15) is 25.0 Å². The summed E-state index contributed by atoms with van der Waals surface area (Å²) >= 11 is 0. The SMILES string of the molecule is CC1(C)c2cc(N(c3ccccc3)c3cccc4c3oc3ccccc34)ccc2-c2c(-c3ccccc3)c3ccc(N(c4ccccc4)c4cc(-c5ccccc5)cc(-c5ccccc5)c4F)cc3c3cccc1c23. The van der Waals surface area contributed by atoms with Gasteiger partial charge in [0.25, 0.3) is 0 Å². The molecule has 1 aliphatic rings. The van der Waals surface area contributed by atoms with E-state index in [-0.39, 0.29) is 5.82 Å². The minimum Gasteiger partial charge on any atom is -0.454 e. The van der Waals surface area contributed by atoms with Gasteiger partial charge in [0.05, 0.1) is 11.4 Å². The van der Waals surface area contributed by atoms with Crippen molar-refractivity contribution in [2.24, 2.45) is 0 Å². The summed E-state index contributed by atoms with van der Waals surface area (Å²) in [4.78, 5) is 4.44. The second kappa shape index (κ2) is 17.6. The van der Waals surface area contributed by atoms with Crippen LogP contribution in [0.2, 0.25) is 0 Å². The molecule has 4 heteroatoms. The van der Waals surface area contributed by atoms with Gasteiger partial charge in [-0.3, -0.25) is 0 Å². The van der Waals surface area contributed by atoms with Gasteiger partial charge in [0, 0.05) is 44.5 Å². The Kier molecular flexibility index (Phi) is 10.4. The van der Waals surface area contributed by atoms with E-state index in [2.05, 4.69) is 194 Å². The smallest absolute Gasteiger partial charge is 0.159 e. The highest BCUT2D eigenvalue weighted by Gasteiger charge is 2.37. The van der Waals surface area contributed by atoms with Gasteiger partial charge in [-0.25, -0.2) is 4.39 Å². The molecule has 1 heterocycles. The highest BCUT2D eigenvalue weighted by molar-refractivity contribution is 6.24. The van der Waals surface area contributed by atoms with E-state index in [0.29, 0.717) is 11.3 Å². The normalized spacial score (nSPS) is 12.6. The van der Waals surface area contributed by atoms with E-state index in [1.54, 1.807) is 0 Å². The molecule has 0 fully saturated rings. The molecule has 0 saturated carbocycles. The minimum absolute atomic E-state index is 0.287. The number of hydrogen-bond acceptors (Lipinski definition) is 3. The molecule has 0 amide bonds. The highest BCUT2D eigenvalue weighted by atomic mass is 19.1. The summed E-state index contributed by atoms with van der Waals surface area (Å²) < 4.78 is 24.6. The Hall–Kier alpha value is -9.51. The molecular formula is C71H49FN2O. The molecule has 14 rings (SSSR count). The third kappa shape index (κ3) is 7.16. The van der Waals surface area contributed by atoms with Gasteiger partial charge in [-0.15, -0.1) is 0 Å². The molecule has 0 bridgehead atoms. The van der Waals surface area contributed by atoms with Crippen LogP contribution < -0.4 is 9.80 Å². The molecule has 0 unspecified atom stereocenters. The van der Waals surface area contributed by atoms with Crippen molar-refractivity contribution in [3.63, 3.8) is 0 Å². The summed E-state index contributed by atoms with van der Waals surface area (Å²) in [6.45, 7) is 4.74. The van der Waals surface area contributed by atoms with E-state index < -0.39 is 5.41 Å². The van der Waals surface area contributed by atoms with Crippen molar-refractivity contribution in [1.29, 1.82) is 0 Å². The lowest BCUT2D eigenvalue weighted by atomic mass is 9.66. The van der Waals surface area contributed by atoms with Crippen LogP contribution in [0, 0.1) is 5.82 Å². The molecule has 0 spiro atoms. The number of anilines is 6. The quantitative estimate of drug-likeness (QED) is 0.134. The number of para-hydroxylation sites is 4. The number of rotatable bonds is 9. The Labute approximate surface area is 435 Å². The molecule has 1 aliphatic carbocycles. The molecule has 12 aromatic carbocycles. The Morgan fingerprint density at radius 2 is 0.907 bits per heavy atom. The first-order valence-electron chi connectivity index (χ1n) is 25.7. The summed E-state index contributed by atoms with van der Waals surface area (Å²) in [6.07, 6.45) is 0. The maximum absolute atomic E-state index is 17.8. The predicted octanol–water partition coefficient (Wildman–Crippen LogP) is 20.3. The first-order chi connectivity index (χ1) is 36.9. The number of fused-ring (bicyclic) bond motifs is 7. The third-order valence-corrected chi connectivity index (χ3v) is 15.5. The average molecular weight is 965 g/mol. The third-order valence-electron chi connectivity index (χ3n) is 15.5. The maximum atomic E-state index is 17.8. The zero-order valence-electron chi connectivity index (χ0n) is 41.5. The van der Waals surface area contributed by atoms with Gasteiger partial charge in [0.2, 0.25) is 0 Å². The van der Waals surface area contributed by atoms with Crippen LogP contribution in [0.5, 0.6) is 0 Å². The fourth-order valence-electron chi connectivity index (χ4n) is 12.0. The van der Waals surface area contributed by atoms with Crippen LogP contribution in [0.4, 0.5) is 38.5 Å². The average Bonchev–Trinajstić information content (AvgIpc) is 3.93. The second-order valence-corrected chi connectivity index (χ2v) is 20.1. The van der Waals surface area contributed by atoms with E-state index in [9.17, 15) is 0 Å². The number of halogens is 1.